The van der Waals surface area contributed by atoms with Gasteiger partial charge in [-0.15, -0.1) is 0 Å². The van der Waals surface area contributed by atoms with E-state index >= 15 is 0 Å². The summed E-state index contributed by atoms with van der Waals surface area (Å²) in [6.07, 6.45) is 0. The highest BCUT2D eigenvalue weighted by molar-refractivity contribution is 8.01. The molecule has 0 spiro atoms. The van der Waals surface area contributed by atoms with E-state index in [2.05, 4.69) is 15.6 Å². The van der Waals surface area contributed by atoms with E-state index in [1.807, 2.05) is 44.2 Å². The molecule has 0 aliphatic heterocycles. The fraction of sp³-hybridized carbons (Fsp3) is 0.227. The molecule has 30 heavy (non-hydrogen) atoms. The molecule has 0 aliphatic carbocycles. The topological polar surface area (TPSA) is 80.3 Å². The molecule has 156 valence electrons. The molecule has 1 aromatic heterocycles. The second kappa shape index (κ2) is 10.8. The molecule has 8 heteroatoms. The van der Waals surface area contributed by atoms with Gasteiger partial charge in [0.1, 0.15) is 16.4 Å². The van der Waals surface area contributed by atoms with Crippen LogP contribution in [0.3, 0.4) is 0 Å². The number of hydrogen-bond acceptors (Lipinski definition) is 6. The fourth-order valence-electron chi connectivity index (χ4n) is 2.66. The number of amides is 2. The van der Waals surface area contributed by atoms with Crippen LogP contribution in [0.25, 0.3) is 11.3 Å². The van der Waals surface area contributed by atoms with Crippen LogP contribution in [0.15, 0.2) is 58.9 Å². The smallest absolute Gasteiger partial charge is 0.256 e. The van der Waals surface area contributed by atoms with Gasteiger partial charge in [0.05, 0.1) is 12.4 Å². The summed E-state index contributed by atoms with van der Waals surface area (Å²) in [5, 5.41) is 6.40. The first-order valence-electron chi connectivity index (χ1n) is 9.60. The van der Waals surface area contributed by atoms with Gasteiger partial charge in [0.2, 0.25) is 5.91 Å². The zero-order valence-corrected chi connectivity index (χ0v) is 18.4. The lowest BCUT2D eigenvalue weighted by Crippen LogP contribution is -2.24. The Kier molecular flexibility index (Phi) is 7.87. The monoisotopic (exact) mass is 441 g/mol. The van der Waals surface area contributed by atoms with Crippen LogP contribution in [0.4, 0.5) is 5.00 Å². The van der Waals surface area contributed by atoms with Crippen molar-refractivity contribution in [1.29, 1.82) is 0 Å². The molecule has 0 saturated carbocycles. The highest BCUT2D eigenvalue weighted by atomic mass is 32.2. The van der Waals surface area contributed by atoms with Crippen molar-refractivity contribution < 1.29 is 14.3 Å². The molecule has 0 fully saturated rings. The highest BCUT2D eigenvalue weighted by Crippen LogP contribution is 2.37. The second-order valence-corrected chi connectivity index (χ2v) is 8.40. The summed E-state index contributed by atoms with van der Waals surface area (Å²) in [4.78, 5) is 29.2. The van der Waals surface area contributed by atoms with Crippen molar-refractivity contribution in [1.82, 2.24) is 10.3 Å². The Morgan fingerprint density at radius 2 is 1.80 bits per heavy atom. The van der Waals surface area contributed by atoms with Crippen molar-refractivity contribution >= 4 is 39.9 Å². The number of thioether (sulfide) groups is 1. The molecule has 0 radical (unpaired) electrons. The van der Waals surface area contributed by atoms with Gasteiger partial charge < -0.3 is 15.4 Å². The Balaban J connectivity index is 1.80. The van der Waals surface area contributed by atoms with E-state index in [1.165, 1.54) is 23.1 Å². The number of benzene rings is 2. The minimum Gasteiger partial charge on any atom is -0.494 e. The van der Waals surface area contributed by atoms with Crippen molar-refractivity contribution in [2.45, 2.75) is 18.2 Å². The van der Waals surface area contributed by atoms with Crippen LogP contribution in [0, 0.1) is 0 Å². The van der Waals surface area contributed by atoms with Gasteiger partial charge in [-0.2, -0.15) is 0 Å². The summed E-state index contributed by atoms with van der Waals surface area (Å²) in [6, 6.07) is 16.7. The third-order valence-corrected chi connectivity index (χ3v) is 6.12. The summed E-state index contributed by atoms with van der Waals surface area (Å²) in [6.45, 7) is 4.96. The molecule has 0 aliphatic rings. The number of carbonyl (C=O) groups excluding carboxylic acids is 2. The van der Waals surface area contributed by atoms with Crippen molar-refractivity contribution in [2.24, 2.45) is 0 Å². The van der Waals surface area contributed by atoms with Gasteiger partial charge in [0.25, 0.3) is 5.91 Å². The molecule has 1 heterocycles. The SMILES string of the molecule is CCNC(=O)CSc1nc(-c2ccccc2)c(NC(=O)c2ccc(OCC)cc2)s1. The molecule has 0 atom stereocenters. The highest BCUT2D eigenvalue weighted by Gasteiger charge is 2.17. The van der Waals surface area contributed by atoms with E-state index in [0.717, 1.165) is 15.7 Å². The number of thiazole rings is 1. The minimum atomic E-state index is -0.223. The van der Waals surface area contributed by atoms with Gasteiger partial charge in [-0.3, -0.25) is 9.59 Å². The quantitative estimate of drug-likeness (QED) is 0.471. The average molecular weight is 442 g/mol. The first kappa shape index (κ1) is 21.9. The zero-order valence-electron chi connectivity index (χ0n) is 16.8. The number of rotatable bonds is 9. The maximum atomic E-state index is 12.8. The summed E-state index contributed by atoms with van der Waals surface area (Å²) in [5.41, 5.74) is 2.13. The molecule has 2 N–H and O–H groups in total. The molecule has 6 nitrogen and oxygen atoms in total. The fourth-order valence-corrected chi connectivity index (χ4v) is 4.55. The largest absolute Gasteiger partial charge is 0.494 e. The van der Waals surface area contributed by atoms with Crippen LogP contribution < -0.4 is 15.4 Å². The Hall–Kier alpha value is -2.84. The van der Waals surface area contributed by atoms with E-state index in [-0.39, 0.29) is 17.6 Å². The van der Waals surface area contributed by atoms with Crippen LogP contribution in [0.2, 0.25) is 0 Å². The number of anilines is 1. The Bertz CT molecular complexity index is 989. The summed E-state index contributed by atoms with van der Waals surface area (Å²) < 4.78 is 6.15. The van der Waals surface area contributed by atoms with Gasteiger partial charge in [-0.1, -0.05) is 53.4 Å². The Morgan fingerprint density at radius 1 is 1.07 bits per heavy atom. The minimum absolute atomic E-state index is 0.0427. The van der Waals surface area contributed by atoms with Crippen LogP contribution in [0.1, 0.15) is 24.2 Å². The molecular formula is C22H23N3O3S2. The second-order valence-electron chi connectivity index (χ2n) is 6.18. The van der Waals surface area contributed by atoms with Crippen molar-refractivity contribution in [3.05, 3.63) is 60.2 Å². The summed E-state index contributed by atoms with van der Waals surface area (Å²) in [5.74, 6) is 0.737. The van der Waals surface area contributed by atoms with E-state index < -0.39 is 0 Å². The molecule has 3 aromatic rings. The van der Waals surface area contributed by atoms with E-state index in [9.17, 15) is 9.59 Å². The normalized spacial score (nSPS) is 10.5. The number of nitrogens with zero attached hydrogens (tertiary/aromatic N) is 1. The maximum Gasteiger partial charge on any atom is 0.256 e. The van der Waals surface area contributed by atoms with Crippen molar-refractivity contribution in [3.8, 4) is 17.0 Å². The van der Waals surface area contributed by atoms with Crippen LogP contribution in [0.5, 0.6) is 5.75 Å². The molecule has 2 aromatic carbocycles. The maximum absolute atomic E-state index is 12.8. The number of hydrogen-bond donors (Lipinski definition) is 2. The molecule has 3 rings (SSSR count). The lowest BCUT2D eigenvalue weighted by molar-refractivity contribution is -0.118. The first-order valence-corrected chi connectivity index (χ1v) is 11.4. The molecule has 0 unspecified atom stereocenters. The predicted octanol–water partition coefficient (Wildman–Crippen LogP) is 4.69. The van der Waals surface area contributed by atoms with Crippen molar-refractivity contribution in [3.63, 3.8) is 0 Å². The standard InChI is InChI=1S/C22H23N3O3S2/c1-3-23-18(26)14-29-22-24-19(15-8-6-5-7-9-15)21(30-22)25-20(27)16-10-12-17(13-11-16)28-4-2/h5-13H,3-4,14H2,1-2H3,(H,23,26)(H,25,27). The number of aromatic nitrogens is 1. The van der Waals surface area contributed by atoms with E-state index in [4.69, 9.17) is 4.74 Å². The van der Waals surface area contributed by atoms with Gasteiger partial charge in [-0.05, 0) is 38.1 Å². The number of carbonyl (C=O) groups is 2. The molecule has 0 bridgehead atoms. The lowest BCUT2D eigenvalue weighted by Gasteiger charge is -2.07. The van der Waals surface area contributed by atoms with Crippen molar-refractivity contribution in [2.75, 3.05) is 24.2 Å². The Morgan fingerprint density at radius 3 is 2.47 bits per heavy atom. The molecule has 0 saturated heterocycles. The predicted molar refractivity (Wildman–Crippen MR) is 123 cm³/mol. The number of nitrogens with one attached hydrogen (secondary N) is 2. The van der Waals surface area contributed by atoms with Crippen LogP contribution in [-0.4, -0.2) is 35.7 Å². The van der Waals surface area contributed by atoms with E-state index in [0.29, 0.717) is 29.4 Å². The summed E-state index contributed by atoms with van der Waals surface area (Å²) >= 11 is 2.72. The molecule has 2 amide bonds. The van der Waals surface area contributed by atoms with Crippen LogP contribution in [-0.2, 0) is 4.79 Å². The number of ether oxygens (including phenoxy) is 1. The summed E-state index contributed by atoms with van der Waals surface area (Å²) in [7, 11) is 0. The van der Waals surface area contributed by atoms with Crippen LogP contribution >= 0.6 is 23.1 Å². The first-order chi connectivity index (χ1) is 14.6. The third-order valence-electron chi connectivity index (χ3n) is 4.01. The third kappa shape index (κ3) is 5.84. The van der Waals surface area contributed by atoms with Gasteiger partial charge in [0, 0.05) is 17.7 Å². The zero-order chi connectivity index (χ0) is 21.3. The van der Waals surface area contributed by atoms with E-state index in [1.54, 1.807) is 24.3 Å². The van der Waals surface area contributed by atoms with Gasteiger partial charge >= 0.3 is 0 Å². The van der Waals surface area contributed by atoms with Gasteiger partial charge in [0.15, 0.2) is 4.34 Å². The lowest BCUT2D eigenvalue weighted by atomic mass is 10.1. The average Bonchev–Trinajstić information content (AvgIpc) is 3.16. The molecular weight excluding hydrogens is 418 g/mol. The van der Waals surface area contributed by atoms with Gasteiger partial charge in [-0.25, -0.2) is 4.98 Å². The Labute approximate surface area is 184 Å².